The predicted octanol–water partition coefficient (Wildman–Crippen LogP) is 3.21. The topological polar surface area (TPSA) is 84.1 Å². The lowest BCUT2D eigenvalue weighted by molar-refractivity contribution is 0.0437. The van der Waals surface area contributed by atoms with E-state index in [1.807, 2.05) is 38.1 Å². The number of aromatic nitrogens is 1. The third kappa shape index (κ3) is 4.22. The summed E-state index contributed by atoms with van der Waals surface area (Å²) in [5, 5.41) is 9.82. The third-order valence-electron chi connectivity index (χ3n) is 3.92. The molecule has 1 aromatic carbocycles. The second-order valence-electron chi connectivity index (χ2n) is 6.04. The number of ether oxygens (including phenoxy) is 1. The van der Waals surface area contributed by atoms with Gasteiger partial charge in [-0.3, -0.25) is 4.99 Å². The molecule has 1 aromatic heterocycles. The zero-order chi connectivity index (χ0) is 18.5. The van der Waals surface area contributed by atoms with Crippen LogP contribution in [0.4, 0.5) is 0 Å². The standard InChI is InChI=1S/C20H19N3O3/c1-13-7-16(8-14(2)19(13)24)4-3-15-5-6-18(23-9-15)20(25)26-17-10-21-12-22-11-17/h3-10,12,17,24H,11H2,1-2H3/b4-3+. The second kappa shape index (κ2) is 7.74. The SMILES string of the molecule is Cc1cc(/C=C/c2ccc(C(=O)OC3C=NC=NC3)nc2)cc(C)c1O. The van der Waals surface area contributed by atoms with E-state index < -0.39 is 12.1 Å². The van der Waals surface area contributed by atoms with Gasteiger partial charge in [0, 0.05) is 12.4 Å². The van der Waals surface area contributed by atoms with Crippen molar-refractivity contribution >= 4 is 30.7 Å². The van der Waals surface area contributed by atoms with Crippen LogP contribution in [0.3, 0.4) is 0 Å². The van der Waals surface area contributed by atoms with E-state index in [0.29, 0.717) is 12.3 Å². The largest absolute Gasteiger partial charge is 0.507 e. The van der Waals surface area contributed by atoms with Crippen LogP contribution >= 0.6 is 0 Å². The first-order chi connectivity index (χ1) is 12.5. The number of hydrogen-bond donors (Lipinski definition) is 1. The summed E-state index contributed by atoms with van der Waals surface area (Å²) in [6, 6.07) is 7.24. The van der Waals surface area contributed by atoms with Crippen molar-refractivity contribution < 1.29 is 14.6 Å². The van der Waals surface area contributed by atoms with Gasteiger partial charge in [-0.2, -0.15) is 0 Å². The molecule has 1 N–H and O–H groups in total. The third-order valence-corrected chi connectivity index (χ3v) is 3.92. The highest BCUT2D eigenvalue weighted by Crippen LogP contribution is 2.24. The molecule has 1 aliphatic rings. The van der Waals surface area contributed by atoms with Crippen LogP contribution in [0.15, 0.2) is 40.4 Å². The Balaban J connectivity index is 1.66. The number of phenols is 1. The van der Waals surface area contributed by atoms with Crippen molar-refractivity contribution in [3.05, 3.63) is 58.4 Å². The Hall–Kier alpha value is -3.28. The minimum atomic E-state index is -0.501. The summed E-state index contributed by atoms with van der Waals surface area (Å²) in [6.07, 6.45) is 7.97. The second-order valence-corrected chi connectivity index (χ2v) is 6.04. The number of carbonyl (C=O) groups excluding carboxylic acids is 1. The van der Waals surface area contributed by atoms with Crippen LogP contribution in [0.2, 0.25) is 0 Å². The highest BCUT2D eigenvalue weighted by molar-refractivity contribution is 5.89. The van der Waals surface area contributed by atoms with Gasteiger partial charge in [-0.05, 0) is 54.3 Å². The maximum atomic E-state index is 12.1. The number of pyridine rings is 1. The maximum Gasteiger partial charge on any atom is 0.357 e. The molecule has 1 unspecified atom stereocenters. The number of nitrogens with zero attached hydrogens (tertiary/aromatic N) is 3. The predicted molar refractivity (Wildman–Crippen MR) is 102 cm³/mol. The maximum absolute atomic E-state index is 12.1. The molecule has 6 nitrogen and oxygen atoms in total. The summed E-state index contributed by atoms with van der Waals surface area (Å²) in [7, 11) is 0. The van der Waals surface area contributed by atoms with Crippen molar-refractivity contribution in [1.29, 1.82) is 0 Å². The highest BCUT2D eigenvalue weighted by Gasteiger charge is 2.16. The van der Waals surface area contributed by atoms with Crippen molar-refractivity contribution in [2.45, 2.75) is 20.0 Å². The first kappa shape index (κ1) is 17.5. The molecule has 0 aliphatic carbocycles. The van der Waals surface area contributed by atoms with Crippen LogP contribution in [-0.4, -0.2) is 41.3 Å². The van der Waals surface area contributed by atoms with E-state index in [1.54, 1.807) is 24.5 Å². The fourth-order valence-corrected chi connectivity index (χ4v) is 2.55. The van der Waals surface area contributed by atoms with Gasteiger partial charge in [0.25, 0.3) is 0 Å². The molecule has 6 heteroatoms. The van der Waals surface area contributed by atoms with Crippen LogP contribution in [0.25, 0.3) is 12.2 Å². The molecule has 0 bridgehead atoms. The Morgan fingerprint density at radius 1 is 1.19 bits per heavy atom. The fourth-order valence-electron chi connectivity index (χ4n) is 2.55. The van der Waals surface area contributed by atoms with E-state index >= 15 is 0 Å². The number of aryl methyl sites for hydroxylation is 2. The molecule has 0 amide bonds. The average molecular weight is 349 g/mol. The van der Waals surface area contributed by atoms with Gasteiger partial charge in [0.15, 0.2) is 6.10 Å². The Morgan fingerprint density at radius 2 is 1.92 bits per heavy atom. The minimum Gasteiger partial charge on any atom is -0.507 e. The molecule has 132 valence electrons. The Bertz CT molecular complexity index is 876. The Kier molecular flexibility index (Phi) is 5.22. The van der Waals surface area contributed by atoms with Gasteiger partial charge >= 0.3 is 5.97 Å². The van der Waals surface area contributed by atoms with Gasteiger partial charge in [-0.25, -0.2) is 14.8 Å². The molecule has 0 saturated heterocycles. The number of benzene rings is 1. The molecule has 0 saturated carbocycles. The number of carbonyl (C=O) groups is 1. The molecule has 0 spiro atoms. The van der Waals surface area contributed by atoms with Crippen molar-refractivity contribution in [3.8, 4) is 5.75 Å². The van der Waals surface area contributed by atoms with Crippen molar-refractivity contribution in [3.63, 3.8) is 0 Å². The highest BCUT2D eigenvalue weighted by atomic mass is 16.5. The van der Waals surface area contributed by atoms with E-state index in [-0.39, 0.29) is 5.69 Å². The van der Waals surface area contributed by atoms with Gasteiger partial charge in [-0.15, -0.1) is 0 Å². The number of rotatable bonds is 4. The first-order valence-corrected chi connectivity index (χ1v) is 8.20. The number of aromatic hydroxyl groups is 1. The van der Waals surface area contributed by atoms with E-state index in [2.05, 4.69) is 15.0 Å². The number of phenolic OH excluding ortho intramolecular Hbond substituents is 1. The summed E-state index contributed by atoms with van der Waals surface area (Å²) < 4.78 is 5.28. The summed E-state index contributed by atoms with van der Waals surface area (Å²) in [5.41, 5.74) is 3.74. The summed E-state index contributed by atoms with van der Waals surface area (Å²) in [6.45, 7) is 4.11. The monoisotopic (exact) mass is 349 g/mol. The van der Waals surface area contributed by atoms with E-state index in [1.165, 1.54) is 6.34 Å². The molecule has 2 heterocycles. The lowest BCUT2D eigenvalue weighted by Gasteiger charge is -2.12. The van der Waals surface area contributed by atoms with Gasteiger partial charge < -0.3 is 9.84 Å². The molecule has 1 atom stereocenters. The Morgan fingerprint density at radius 3 is 2.54 bits per heavy atom. The number of aliphatic imine (C=N–C) groups is 2. The van der Waals surface area contributed by atoms with Crippen LogP contribution in [0.5, 0.6) is 5.75 Å². The van der Waals surface area contributed by atoms with Gasteiger partial charge in [0.05, 0.1) is 6.54 Å². The molecule has 2 aromatic rings. The van der Waals surface area contributed by atoms with Gasteiger partial charge in [0.2, 0.25) is 0 Å². The van der Waals surface area contributed by atoms with Gasteiger partial charge in [-0.1, -0.05) is 18.2 Å². The zero-order valence-electron chi connectivity index (χ0n) is 14.6. The molecule has 0 fully saturated rings. The molecular weight excluding hydrogens is 330 g/mol. The summed E-state index contributed by atoms with van der Waals surface area (Å²) in [5.74, 6) is -0.181. The summed E-state index contributed by atoms with van der Waals surface area (Å²) in [4.78, 5) is 24.0. The average Bonchev–Trinajstić information content (AvgIpc) is 2.65. The lowest BCUT2D eigenvalue weighted by Crippen LogP contribution is -2.25. The first-order valence-electron chi connectivity index (χ1n) is 8.20. The van der Waals surface area contributed by atoms with Gasteiger partial charge in [0.1, 0.15) is 17.8 Å². The van der Waals surface area contributed by atoms with Crippen molar-refractivity contribution in [1.82, 2.24) is 4.98 Å². The van der Waals surface area contributed by atoms with E-state index in [0.717, 1.165) is 22.3 Å². The van der Waals surface area contributed by atoms with E-state index in [9.17, 15) is 9.90 Å². The zero-order valence-corrected chi connectivity index (χ0v) is 14.6. The molecular formula is C20H19N3O3. The lowest BCUT2D eigenvalue weighted by atomic mass is 10.0. The molecule has 0 radical (unpaired) electrons. The van der Waals surface area contributed by atoms with Crippen LogP contribution in [-0.2, 0) is 4.74 Å². The fraction of sp³-hybridized carbons (Fsp3) is 0.200. The normalized spacial score (nSPS) is 16.2. The quantitative estimate of drug-likeness (QED) is 0.859. The van der Waals surface area contributed by atoms with Crippen molar-refractivity contribution in [2.75, 3.05) is 6.54 Å². The summed E-state index contributed by atoms with van der Waals surface area (Å²) >= 11 is 0. The molecule has 26 heavy (non-hydrogen) atoms. The number of hydrogen-bond acceptors (Lipinski definition) is 6. The Labute approximate surface area is 151 Å². The number of esters is 1. The van der Waals surface area contributed by atoms with Crippen LogP contribution in [0.1, 0.15) is 32.7 Å². The smallest absolute Gasteiger partial charge is 0.357 e. The van der Waals surface area contributed by atoms with Crippen LogP contribution < -0.4 is 0 Å². The van der Waals surface area contributed by atoms with Crippen molar-refractivity contribution in [2.24, 2.45) is 9.98 Å². The van der Waals surface area contributed by atoms with E-state index in [4.69, 9.17) is 4.74 Å². The van der Waals surface area contributed by atoms with Crippen LogP contribution in [0, 0.1) is 13.8 Å². The minimum absolute atomic E-state index is 0.237. The molecule has 1 aliphatic heterocycles. The molecule has 3 rings (SSSR count).